The molecule has 4 unspecified atom stereocenters. The van der Waals surface area contributed by atoms with E-state index in [0.717, 1.165) is 24.2 Å². The van der Waals surface area contributed by atoms with Crippen molar-refractivity contribution in [3.8, 4) is 0 Å². The minimum Gasteiger partial charge on any atom is -0.294 e. The monoisotopic (exact) mass is 300 g/mol. The summed E-state index contributed by atoms with van der Waals surface area (Å²) in [6.45, 7) is 4.95. The van der Waals surface area contributed by atoms with Crippen LogP contribution in [0.15, 0.2) is 23.8 Å². The molecule has 2 nitrogen and oxygen atoms in total. The van der Waals surface area contributed by atoms with Gasteiger partial charge in [0.25, 0.3) is 0 Å². The minimum atomic E-state index is 0.776. The molecule has 4 aliphatic rings. The van der Waals surface area contributed by atoms with Crippen LogP contribution in [0.4, 0.5) is 0 Å². The summed E-state index contributed by atoms with van der Waals surface area (Å²) in [5.74, 6) is 0. The number of piperidine rings is 2. The Balaban J connectivity index is 1.47. The molecule has 22 heavy (non-hydrogen) atoms. The molecule has 0 saturated carbocycles. The maximum atomic E-state index is 2.83. The van der Waals surface area contributed by atoms with Gasteiger partial charge in [0.15, 0.2) is 0 Å². The first-order chi connectivity index (χ1) is 10.8. The predicted molar refractivity (Wildman–Crippen MR) is 93.0 cm³/mol. The molecule has 0 aromatic heterocycles. The lowest BCUT2D eigenvalue weighted by molar-refractivity contribution is 0.0748. The van der Waals surface area contributed by atoms with Crippen molar-refractivity contribution in [2.24, 2.45) is 0 Å². The van der Waals surface area contributed by atoms with Crippen LogP contribution in [0.25, 0.3) is 0 Å². The van der Waals surface area contributed by atoms with Crippen molar-refractivity contribution < 1.29 is 0 Å². The van der Waals surface area contributed by atoms with Crippen LogP contribution in [0, 0.1) is 0 Å². The topological polar surface area (TPSA) is 6.48 Å². The average molecular weight is 300 g/mol. The van der Waals surface area contributed by atoms with E-state index < -0.39 is 0 Å². The molecule has 0 aromatic carbocycles. The Kier molecular flexibility index (Phi) is 4.41. The van der Waals surface area contributed by atoms with Crippen LogP contribution in [0.1, 0.15) is 64.7 Å². The van der Waals surface area contributed by atoms with Crippen LogP contribution in [0.2, 0.25) is 0 Å². The van der Waals surface area contributed by atoms with Crippen molar-refractivity contribution in [2.45, 2.75) is 88.9 Å². The summed E-state index contributed by atoms with van der Waals surface area (Å²) in [5.41, 5.74) is 1.79. The van der Waals surface area contributed by atoms with Gasteiger partial charge in [-0.3, -0.25) is 9.80 Å². The normalized spacial score (nSPS) is 40.0. The molecule has 2 saturated heterocycles. The first kappa shape index (κ1) is 15.0. The number of rotatable bonds is 2. The average Bonchev–Trinajstić information content (AvgIpc) is 2.56. The highest BCUT2D eigenvalue weighted by molar-refractivity contribution is 5.19. The van der Waals surface area contributed by atoms with Gasteiger partial charge < -0.3 is 0 Å². The van der Waals surface area contributed by atoms with Crippen LogP contribution >= 0.6 is 0 Å². The Labute approximate surface area is 136 Å². The molecule has 4 atom stereocenters. The second kappa shape index (κ2) is 6.49. The van der Waals surface area contributed by atoms with Crippen LogP contribution in [0.5, 0.6) is 0 Å². The Morgan fingerprint density at radius 2 is 1.95 bits per heavy atom. The molecule has 2 fully saturated rings. The number of hydrogen-bond acceptors (Lipinski definition) is 2. The highest BCUT2D eigenvalue weighted by atomic mass is 15.2. The summed E-state index contributed by atoms with van der Waals surface area (Å²) in [6, 6.07) is 3.24. The van der Waals surface area contributed by atoms with E-state index in [1.165, 1.54) is 70.9 Å². The maximum Gasteiger partial charge on any atom is 0.0311 e. The molecule has 0 radical (unpaired) electrons. The van der Waals surface area contributed by atoms with E-state index in [1.54, 1.807) is 5.57 Å². The van der Waals surface area contributed by atoms with E-state index in [1.807, 2.05) is 0 Å². The van der Waals surface area contributed by atoms with Gasteiger partial charge in [-0.1, -0.05) is 36.6 Å². The zero-order valence-corrected chi connectivity index (χ0v) is 14.2. The highest BCUT2D eigenvalue weighted by Crippen LogP contribution is 2.36. The molecule has 4 aliphatic heterocycles. The van der Waals surface area contributed by atoms with E-state index >= 15 is 0 Å². The molecule has 2 heteroatoms. The smallest absolute Gasteiger partial charge is 0.0311 e. The Morgan fingerprint density at radius 3 is 2.91 bits per heavy atom. The summed E-state index contributed by atoms with van der Waals surface area (Å²) in [4.78, 5) is 5.64. The predicted octanol–water partition coefficient (Wildman–Crippen LogP) is 4.13. The summed E-state index contributed by atoms with van der Waals surface area (Å²) in [7, 11) is 0. The van der Waals surface area contributed by atoms with E-state index in [4.69, 9.17) is 0 Å². The number of nitrogens with zero attached hydrogens (tertiary/aromatic N) is 2. The molecule has 4 rings (SSSR count). The summed E-state index contributed by atoms with van der Waals surface area (Å²) >= 11 is 0. The maximum absolute atomic E-state index is 2.83. The molecular weight excluding hydrogens is 268 g/mol. The zero-order chi connectivity index (χ0) is 14.9. The van der Waals surface area contributed by atoms with Gasteiger partial charge in [0.1, 0.15) is 0 Å². The van der Waals surface area contributed by atoms with Crippen LogP contribution < -0.4 is 0 Å². The fourth-order valence-electron chi connectivity index (χ4n) is 5.49. The minimum absolute atomic E-state index is 0.776. The fourth-order valence-corrected chi connectivity index (χ4v) is 5.49. The second-order valence-electron chi connectivity index (χ2n) is 7.95. The third-order valence-corrected chi connectivity index (χ3v) is 6.66. The molecule has 0 N–H and O–H groups in total. The van der Waals surface area contributed by atoms with Gasteiger partial charge in [-0.15, -0.1) is 0 Å². The number of fused-ring (bicyclic) bond motifs is 2. The second-order valence-corrected chi connectivity index (χ2v) is 7.95. The van der Waals surface area contributed by atoms with Crippen molar-refractivity contribution in [2.75, 3.05) is 13.1 Å². The van der Waals surface area contributed by atoms with Gasteiger partial charge in [0.2, 0.25) is 0 Å². The summed E-state index contributed by atoms with van der Waals surface area (Å²) in [5, 5.41) is 0. The van der Waals surface area contributed by atoms with Crippen molar-refractivity contribution >= 4 is 0 Å². The Bertz CT molecular complexity index is 453. The molecule has 122 valence electrons. The molecule has 4 heterocycles. The molecular formula is C20H32N2. The zero-order valence-electron chi connectivity index (χ0n) is 14.2. The van der Waals surface area contributed by atoms with E-state index in [0.29, 0.717) is 0 Å². The van der Waals surface area contributed by atoms with E-state index in [9.17, 15) is 0 Å². The van der Waals surface area contributed by atoms with Gasteiger partial charge >= 0.3 is 0 Å². The molecule has 0 aliphatic carbocycles. The Hall–Kier alpha value is -0.600. The Morgan fingerprint density at radius 1 is 1.05 bits per heavy atom. The van der Waals surface area contributed by atoms with Crippen molar-refractivity contribution in [1.82, 2.24) is 9.80 Å². The SMILES string of the molecule is CC1CCCC2C(CC3CCCC4CC=CCN43)=CCCN12. The first-order valence-electron chi connectivity index (χ1n) is 9.68. The van der Waals surface area contributed by atoms with Crippen molar-refractivity contribution in [1.29, 1.82) is 0 Å². The van der Waals surface area contributed by atoms with E-state index in [2.05, 4.69) is 35.0 Å². The van der Waals surface area contributed by atoms with Gasteiger partial charge in [-0.05, 0) is 51.9 Å². The lowest BCUT2D eigenvalue weighted by Gasteiger charge is -2.47. The van der Waals surface area contributed by atoms with Crippen LogP contribution in [-0.2, 0) is 0 Å². The largest absolute Gasteiger partial charge is 0.294 e. The standard InChI is InChI=1S/C20H32N2/c1-16-7-4-12-20-17(8-6-14-21(16)20)15-19-11-5-10-18-9-2-3-13-22(18)19/h2-3,8,16,18-20H,4-7,9-15H2,1H3. The van der Waals surface area contributed by atoms with Crippen LogP contribution in [-0.4, -0.2) is 47.1 Å². The quantitative estimate of drug-likeness (QED) is 0.707. The lowest BCUT2D eigenvalue weighted by atomic mass is 9.82. The fraction of sp³-hybridized carbons (Fsp3) is 0.800. The molecule has 0 aromatic rings. The molecule has 0 bridgehead atoms. The van der Waals surface area contributed by atoms with Gasteiger partial charge in [-0.25, -0.2) is 0 Å². The first-order valence-corrected chi connectivity index (χ1v) is 9.68. The lowest BCUT2D eigenvalue weighted by Crippen LogP contribution is -2.51. The molecule has 0 amide bonds. The van der Waals surface area contributed by atoms with Crippen molar-refractivity contribution in [3.05, 3.63) is 23.8 Å². The van der Waals surface area contributed by atoms with Gasteiger partial charge in [-0.2, -0.15) is 0 Å². The van der Waals surface area contributed by atoms with E-state index in [-0.39, 0.29) is 0 Å². The third kappa shape index (κ3) is 2.80. The highest BCUT2D eigenvalue weighted by Gasteiger charge is 2.36. The van der Waals surface area contributed by atoms with Gasteiger partial charge in [0, 0.05) is 37.3 Å². The molecule has 0 spiro atoms. The summed E-state index contributed by atoms with van der Waals surface area (Å²) < 4.78 is 0. The summed E-state index contributed by atoms with van der Waals surface area (Å²) in [6.07, 6.45) is 19.9. The number of hydrogen-bond donors (Lipinski definition) is 0. The van der Waals surface area contributed by atoms with Gasteiger partial charge in [0.05, 0.1) is 0 Å². The van der Waals surface area contributed by atoms with Crippen molar-refractivity contribution in [3.63, 3.8) is 0 Å². The van der Waals surface area contributed by atoms with Crippen LogP contribution in [0.3, 0.4) is 0 Å². The third-order valence-electron chi connectivity index (χ3n) is 6.66.